The lowest BCUT2D eigenvalue weighted by Gasteiger charge is -2.31. The zero-order chi connectivity index (χ0) is 24.7. The molecule has 2 aliphatic rings. The Bertz CT molecular complexity index is 1400. The fourth-order valence-electron chi connectivity index (χ4n) is 6.88. The first-order valence-electron chi connectivity index (χ1n) is 13.9. The monoisotopic (exact) mass is 471 g/mol. The smallest absolute Gasteiger partial charge is 0.0725 e. The van der Waals surface area contributed by atoms with E-state index in [0.717, 1.165) is 25.9 Å². The summed E-state index contributed by atoms with van der Waals surface area (Å²) in [6.07, 6.45) is 4.82. The highest BCUT2D eigenvalue weighted by atomic mass is 14.8. The molecule has 1 N–H and O–H groups in total. The molecule has 0 amide bonds. The van der Waals surface area contributed by atoms with Crippen LogP contribution in [0.5, 0.6) is 0 Å². The predicted octanol–water partition coefficient (Wildman–Crippen LogP) is 8.51. The minimum Gasteiger partial charge on any atom is -0.313 e. The molecule has 0 saturated carbocycles. The minimum absolute atomic E-state index is 0.247. The van der Waals surface area contributed by atoms with Gasteiger partial charge in [-0.3, -0.25) is 0 Å². The number of hydrogen-bond acceptors (Lipinski definition) is 1. The summed E-state index contributed by atoms with van der Waals surface area (Å²) in [5.74, 6) is 0.701. The summed E-state index contributed by atoms with van der Waals surface area (Å²) in [5.41, 5.74) is 13.9. The highest BCUT2D eigenvalue weighted by Crippen LogP contribution is 2.62. The van der Waals surface area contributed by atoms with Crippen molar-refractivity contribution in [3.05, 3.63) is 118 Å². The zero-order valence-electron chi connectivity index (χ0n) is 21.9. The van der Waals surface area contributed by atoms with Gasteiger partial charge in [-0.25, -0.2) is 0 Å². The van der Waals surface area contributed by atoms with E-state index in [-0.39, 0.29) is 5.41 Å². The van der Waals surface area contributed by atoms with Gasteiger partial charge in [-0.2, -0.15) is 0 Å². The quantitative estimate of drug-likeness (QED) is 0.219. The molecule has 0 saturated heterocycles. The van der Waals surface area contributed by atoms with Crippen LogP contribution in [0.25, 0.3) is 22.3 Å². The Morgan fingerprint density at radius 2 is 1.19 bits per heavy atom. The van der Waals surface area contributed by atoms with Crippen LogP contribution in [0.2, 0.25) is 0 Å². The van der Waals surface area contributed by atoms with Crippen LogP contribution in [0, 0.1) is 5.92 Å². The Hall–Kier alpha value is -3.16. The van der Waals surface area contributed by atoms with Crippen molar-refractivity contribution in [2.75, 3.05) is 6.54 Å². The van der Waals surface area contributed by atoms with E-state index in [1.807, 2.05) is 0 Å². The average molecular weight is 472 g/mol. The van der Waals surface area contributed by atoms with Crippen LogP contribution < -0.4 is 5.32 Å². The summed E-state index contributed by atoms with van der Waals surface area (Å²) in [7, 11) is 0. The molecule has 1 spiro atoms. The first-order valence-corrected chi connectivity index (χ1v) is 13.9. The largest absolute Gasteiger partial charge is 0.313 e. The third-order valence-electron chi connectivity index (χ3n) is 8.34. The summed E-state index contributed by atoms with van der Waals surface area (Å²) in [6, 6.07) is 32.8. The van der Waals surface area contributed by atoms with Gasteiger partial charge in [-0.1, -0.05) is 119 Å². The second-order valence-electron chi connectivity index (χ2n) is 10.9. The lowest BCUT2D eigenvalue weighted by molar-refractivity contribution is 0.522. The molecule has 4 aromatic rings. The highest BCUT2D eigenvalue weighted by Gasteiger charge is 2.51. The Morgan fingerprint density at radius 3 is 1.81 bits per heavy atom. The van der Waals surface area contributed by atoms with Crippen LogP contribution in [0.3, 0.4) is 0 Å². The summed E-state index contributed by atoms with van der Waals surface area (Å²) in [6.45, 7) is 8.89. The minimum atomic E-state index is -0.247. The van der Waals surface area contributed by atoms with Crippen molar-refractivity contribution in [1.29, 1.82) is 0 Å². The molecule has 2 atom stereocenters. The Balaban J connectivity index is 1.60. The third-order valence-corrected chi connectivity index (χ3v) is 8.34. The van der Waals surface area contributed by atoms with Gasteiger partial charge in [0.05, 0.1) is 5.41 Å². The molecule has 0 fully saturated rings. The molecule has 2 aliphatic carbocycles. The van der Waals surface area contributed by atoms with Crippen LogP contribution in [-0.2, 0) is 18.4 Å². The van der Waals surface area contributed by atoms with E-state index in [9.17, 15) is 0 Å². The summed E-state index contributed by atoms with van der Waals surface area (Å²) < 4.78 is 0. The van der Waals surface area contributed by atoms with Gasteiger partial charge in [0, 0.05) is 6.54 Å². The van der Waals surface area contributed by atoms with E-state index in [0.29, 0.717) is 5.92 Å². The van der Waals surface area contributed by atoms with Crippen LogP contribution in [0.15, 0.2) is 84.9 Å². The van der Waals surface area contributed by atoms with Gasteiger partial charge < -0.3 is 5.32 Å². The van der Waals surface area contributed by atoms with Crippen LogP contribution in [-0.4, -0.2) is 6.54 Å². The van der Waals surface area contributed by atoms with Gasteiger partial charge in [0.2, 0.25) is 0 Å². The molecule has 0 aromatic heterocycles. The van der Waals surface area contributed by atoms with Crippen LogP contribution >= 0.6 is 0 Å². The fraction of sp³-hybridized carbons (Fsp3) is 0.314. The van der Waals surface area contributed by atoms with E-state index < -0.39 is 0 Å². The van der Waals surface area contributed by atoms with E-state index >= 15 is 0 Å². The Labute approximate surface area is 216 Å². The maximum absolute atomic E-state index is 3.62. The molecular formula is C35H37N. The lowest BCUT2D eigenvalue weighted by atomic mass is 9.70. The number of nitrogens with one attached hydrogen (secondary N) is 1. The SMILES string of the molecule is CCCNCc1ccc2c(c1)C1(c3ccccc3-2)c2ccccc2-c2ccc(CC(C)CCC)cc21. The van der Waals surface area contributed by atoms with E-state index in [2.05, 4.69) is 111 Å². The molecule has 4 aromatic carbocycles. The average Bonchev–Trinajstić information content (AvgIpc) is 3.36. The molecule has 1 heteroatoms. The summed E-state index contributed by atoms with van der Waals surface area (Å²) in [4.78, 5) is 0. The van der Waals surface area contributed by atoms with Crippen molar-refractivity contribution < 1.29 is 0 Å². The van der Waals surface area contributed by atoms with Crippen molar-refractivity contribution in [1.82, 2.24) is 5.32 Å². The van der Waals surface area contributed by atoms with Crippen molar-refractivity contribution in [3.8, 4) is 22.3 Å². The zero-order valence-corrected chi connectivity index (χ0v) is 21.9. The molecule has 36 heavy (non-hydrogen) atoms. The van der Waals surface area contributed by atoms with E-state index in [1.54, 1.807) is 0 Å². The van der Waals surface area contributed by atoms with Gasteiger partial charge in [0.1, 0.15) is 0 Å². The van der Waals surface area contributed by atoms with Gasteiger partial charge >= 0.3 is 0 Å². The topological polar surface area (TPSA) is 12.0 Å². The lowest BCUT2D eigenvalue weighted by Crippen LogP contribution is -2.26. The van der Waals surface area contributed by atoms with Crippen molar-refractivity contribution in [2.24, 2.45) is 5.92 Å². The molecule has 2 unspecified atom stereocenters. The summed E-state index contributed by atoms with van der Waals surface area (Å²) in [5, 5.41) is 3.62. The summed E-state index contributed by atoms with van der Waals surface area (Å²) >= 11 is 0. The number of hydrogen-bond donors (Lipinski definition) is 1. The number of benzene rings is 4. The molecule has 0 heterocycles. The number of rotatable bonds is 8. The fourth-order valence-corrected chi connectivity index (χ4v) is 6.88. The maximum atomic E-state index is 3.62. The van der Waals surface area contributed by atoms with Crippen molar-refractivity contribution in [2.45, 2.75) is 58.4 Å². The number of fused-ring (bicyclic) bond motifs is 10. The van der Waals surface area contributed by atoms with Gasteiger partial charge in [0.25, 0.3) is 0 Å². The molecule has 6 rings (SSSR count). The normalized spacial score (nSPS) is 17.5. The van der Waals surface area contributed by atoms with Gasteiger partial charge in [-0.15, -0.1) is 0 Å². The second kappa shape index (κ2) is 9.37. The molecular weight excluding hydrogens is 434 g/mol. The molecule has 1 nitrogen and oxygen atoms in total. The molecule has 0 bridgehead atoms. The third kappa shape index (κ3) is 3.48. The molecule has 0 aliphatic heterocycles. The first kappa shape index (κ1) is 23.3. The molecule has 182 valence electrons. The van der Waals surface area contributed by atoms with E-state index in [1.165, 1.54) is 68.5 Å². The maximum Gasteiger partial charge on any atom is 0.0725 e. The molecule has 0 radical (unpaired) electrons. The Morgan fingerprint density at radius 1 is 0.639 bits per heavy atom. The van der Waals surface area contributed by atoms with Crippen LogP contribution in [0.4, 0.5) is 0 Å². The Kier molecular flexibility index (Phi) is 6.05. The standard InChI is InChI=1S/C35H37N/c1-4-10-24(3)20-25-15-17-29-27-11-6-8-13-31(27)35(33(29)21-25)32-14-9-7-12-28(32)30-18-16-26(22-34(30)35)23-36-19-5-2/h6-9,11-18,21-22,24,36H,4-5,10,19-20,23H2,1-3H3. The van der Waals surface area contributed by atoms with E-state index in [4.69, 9.17) is 0 Å². The van der Waals surface area contributed by atoms with Crippen LogP contribution in [0.1, 0.15) is 73.4 Å². The highest BCUT2D eigenvalue weighted by molar-refractivity contribution is 5.95. The van der Waals surface area contributed by atoms with Crippen molar-refractivity contribution >= 4 is 0 Å². The van der Waals surface area contributed by atoms with Gasteiger partial charge in [-0.05, 0) is 80.9 Å². The first-order chi connectivity index (χ1) is 17.7. The second-order valence-corrected chi connectivity index (χ2v) is 10.9. The van der Waals surface area contributed by atoms with Gasteiger partial charge in [0.15, 0.2) is 0 Å². The predicted molar refractivity (Wildman–Crippen MR) is 153 cm³/mol. The van der Waals surface area contributed by atoms with Crippen molar-refractivity contribution in [3.63, 3.8) is 0 Å².